The average Bonchev–Trinajstić information content (AvgIpc) is 2.40. The van der Waals surface area contributed by atoms with Gasteiger partial charge >= 0.3 is 5.97 Å². The van der Waals surface area contributed by atoms with Gasteiger partial charge in [-0.3, -0.25) is 4.79 Å². The number of benzene rings is 1. The SMILES string of the molecule is CCC(COC(=O)C(C)C)NCc1ccc(F)cc1. The highest BCUT2D eigenvalue weighted by Crippen LogP contribution is 2.04. The van der Waals surface area contributed by atoms with Crippen molar-refractivity contribution in [2.45, 2.75) is 39.8 Å². The van der Waals surface area contributed by atoms with Gasteiger partial charge in [-0.25, -0.2) is 4.39 Å². The minimum absolute atomic E-state index is 0.102. The molecule has 19 heavy (non-hydrogen) atoms. The normalized spacial score (nSPS) is 12.5. The molecule has 0 heterocycles. The van der Waals surface area contributed by atoms with Gasteiger partial charge < -0.3 is 10.1 Å². The Morgan fingerprint density at radius 1 is 1.32 bits per heavy atom. The molecule has 0 aromatic heterocycles. The summed E-state index contributed by atoms with van der Waals surface area (Å²) in [6, 6.07) is 6.49. The monoisotopic (exact) mass is 267 g/mol. The van der Waals surface area contributed by atoms with Crippen LogP contribution in [0.15, 0.2) is 24.3 Å². The predicted molar refractivity (Wildman–Crippen MR) is 73.1 cm³/mol. The first-order chi connectivity index (χ1) is 9.02. The van der Waals surface area contributed by atoms with Crippen molar-refractivity contribution in [1.29, 1.82) is 0 Å². The Hall–Kier alpha value is -1.42. The molecule has 1 rings (SSSR count). The van der Waals surface area contributed by atoms with Crippen LogP contribution in [-0.4, -0.2) is 18.6 Å². The molecule has 106 valence electrons. The lowest BCUT2D eigenvalue weighted by atomic mass is 10.2. The molecule has 1 unspecified atom stereocenters. The summed E-state index contributed by atoms with van der Waals surface area (Å²) < 4.78 is 18.0. The van der Waals surface area contributed by atoms with E-state index >= 15 is 0 Å². The third-order valence-corrected chi connectivity index (χ3v) is 2.90. The number of carbonyl (C=O) groups excluding carboxylic acids is 1. The molecular weight excluding hydrogens is 245 g/mol. The van der Waals surface area contributed by atoms with Crippen LogP contribution >= 0.6 is 0 Å². The van der Waals surface area contributed by atoms with Crippen molar-refractivity contribution in [3.8, 4) is 0 Å². The van der Waals surface area contributed by atoms with Gasteiger partial charge in [-0.15, -0.1) is 0 Å². The van der Waals surface area contributed by atoms with Crippen LogP contribution in [0, 0.1) is 11.7 Å². The van der Waals surface area contributed by atoms with E-state index < -0.39 is 0 Å². The Balaban J connectivity index is 2.36. The van der Waals surface area contributed by atoms with Crippen molar-refractivity contribution in [3.05, 3.63) is 35.6 Å². The summed E-state index contributed by atoms with van der Waals surface area (Å²) in [6.45, 7) is 6.67. The van der Waals surface area contributed by atoms with Crippen LogP contribution in [0.2, 0.25) is 0 Å². The van der Waals surface area contributed by atoms with Crippen LogP contribution in [0.3, 0.4) is 0 Å². The molecule has 0 fully saturated rings. The molecule has 0 aliphatic heterocycles. The van der Waals surface area contributed by atoms with E-state index in [1.165, 1.54) is 12.1 Å². The first-order valence-electron chi connectivity index (χ1n) is 6.67. The van der Waals surface area contributed by atoms with E-state index in [-0.39, 0.29) is 23.7 Å². The van der Waals surface area contributed by atoms with Gasteiger partial charge in [0.25, 0.3) is 0 Å². The van der Waals surface area contributed by atoms with E-state index in [0.29, 0.717) is 13.2 Å². The zero-order chi connectivity index (χ0) is 14.3. The summed E-state index contributed by atoms with van der Waals surface area (Å²) in [4.78, 5) is 11.4. The molecule has 1 aromatic carbocycles. The van der Waals surface area contributed by atoms with E-state index in [0.717, 1.165) is 12.0 Å². The minimum Gasteiger partial charge on any atom is -0.464 e. The second kappa shape index (κ2) is 7.89. The van der Waals surface area contributed by atoms with Crippen molar-refractivity contribution in [2.75, 3.05) is 6.61 Å². The largest absolute Gasteiger partial charge is 0.464 e. The van der Waals surface area contributed by atoms with E-state index in [1.807, 2.05) is 20.8 Å². The molecule has 0 saturated carbocycles. The smallest absolute Gasteiger partial charge is 0.308 e. The van der Waals surface area contributed by atoms with Gasteiger partial charge in [0.1, 0.15) is 12.4 Å². The average molecular weight is 267 g/mol. The Morgan fingerprint density at radius 2 is 1.95 bits per heavy atom. The van der Waals surface area contributed by atoms with Gasteiger partial charge in [-0.05, 0) is 24.1 Å². The maximum Gasteiger partial charge on any atom is 0.308 e. The summed E-state index contributed by atoms with van der Waals surface area (Å²) in [7, 11) is 0. The lowest BCUT2D eigenvalue weighted by Crippen LogP contribution is -2.34. The number of carbonyl (C=O) groups is 1. The lowest BCUT2D eigenvalue weighted by molar-refractivity contribution is -0.148. The highest BCUT2D eigenvalue weighted by Gasteiger charge is 2.12. The van der Waals surface area contributed by atoms with Crippen LogP contribution in [0.1, 0.15) is 32.8 Å². The maximum absolute atomic E-state index is 12.8. The van der Waals surface area contributed by atoms with Crippen molar-refractivity contribution in [2.24, 2.45) is 5.92 Å². The molecule has 0 amide bonds. The van der Waals surface area contributed by atoms with Gasteiger partial charge in [0.15, 0.2) is 0 Å². The number of esters is 1. The number of hydrogen-bond acceptors (Lipinski definition) is 3. The zero-order valence-corrected chi connectivity index (χ0v) is 11.8. The van der Waals surface area contributed by atoms with E-state index in [4.69, 9.17) is 4.74 Å². The molecule has 3 nitrogen and oxygen atoms in total. The summed E-state index contributed by atoms with van der Waals surface area (Å²) in [6.07, 6.45) is 0.868. The molecular formula is C15H22FNO2. The van der Waals surface area contributed by atoms with Gasteiger partial charge in [0.2, 0.25) is 0 Å². The molecule has 1 atom stereocenters. The number of hydrogen-bond donors (Lipinski definition) is 1. The molecule has 0 aliphatic carbocycles. The number of ether oxygens (including phenoxy) is 1. The minimum atomic E-state index is -0.235. The van der Waals surface area contributed by atoms with Crippen molar-refractivity contribution >= 4 is 5.97 Å². The summed E-state index contributed by atoms with van der Waals surface area (Å²) >= 11 is 0. The summed E-state index contributed by atoms with van der Waals surface area (Å²) in [5, 5.41) is 3.30. The third kappa shape index (κ3) is 5.83. The highest BCUT2D eigenvalue weighted by atomic mass is 19.1. The van der Waals surface area contributed by atoms with Crippen molar-refractivity contribution in [3.63, 3.8) is 0 Å². The molecule has 0 spiro atoms. The van der Waals surface area contributed by atoms with E-state index in [2.05, 4.69) is 5.32 Å². The fourth-order valence-corrected chi connectivity index (χ4v) is 1.53. The fraction of sp³-hybridized carbons (Fsp3) is 0.533. The van der Waals surface area contributed by atoms with Crippen LogP contribution in [0.25, 0.3) is 0 Å². The third-order valence-electron chi connectivity index (χ3n) is 2.90. The first kappa shape index (κ1) is 15.6. The molecule has 1 aromatic rings. The Morgan fingerprint density at radius 3 is 2.47 bits per heavy atom. The predicted octanol–water partition coefficient (Wildman–Crippen LogP) is 2.89. The van der Waals surface area contributed by atoms with Crippen LogP contribution < -0.4 is 5.32 Å². The number of halogens is 1. The van der Waals surface area contributed by atoms with Gasteiger partial charge in [-0.2, -0.15) is 0 Å². The fourth-order valence-electron chi connectivity index (χ4n) is 1.53. The molecule has 0 saturated heterocycles. The Labute approximate surface area is 114 Å². The second-order valence-corrected chi connectivity index (χ2v) is 4.90. The van der Waals surface area contributed by atoms with Crippen molar-refractivity contribution < 1.29 is 13.9 Å². The first-order valence-corrected chi connectivity index (χ1v) is 6.67. The van der Waals surface area contributed by atoms with Crippen LogP contribution in [0.4, 0.5) is 4.39 Å². The topological polar surface area (TPSA) is 38.3 Å². The molecule has 1 N–H and O–H groups in total. The van der Waals surface area contributed by atoms with Crippen molar-refractivity contribution in [1.82, 2.24) is 5.32 Å². The number of nitrogens with one attached hydrogen (secondary N) is 1. The van der Waals surface area contributed by atoms with Gasteiger partial charge in [0, 0.05) is 12.6 Å². The molecule has 0 aliphatic rings. The van der Waals surface area contributed by atoms with Gasteiger partial charge in [0.05, 0.1) is 5.92 Å². The molecule has 4 heteroatoms. The zero-order valence-electron chi connectivity index (χ0n) is 11.8. The van der Waals surface area contributed by atoms with Gasteiger partial charge in [-0.1, -0.05) is 32.9 Å². The standard InChI is InChI=1S/C15H22FNO2/c1-4-14(10-19-15(18)11(2)3)17-9-12-5-7-13(16)8-6-12/h5-8,11,14,17H,4,9-10H2,1-3H3. The quantitative estimate of drug-likeness (QED) is 0.772. The lowest BCUT2D eigenvalue weighted by Gasteiger charge is -2.17. The number of rotatable bonds is 7. The Kier molecular flexibility index (Phi) is 6.50. The maximum atomic E-state index is 12.8. The van der Waals surface area contributed by atoms with E-state index in [1.54, 1.807) is 12.1 Å². The van der Waals surface area contributed by atoms with Crippen LogP contribution in [0.5, 0.6) is 0 Å². The summed E-state index contributed by atoms with van der Waals surface area (Å²) in [5.41, 5.74) is 1.01. The highest BCUT2D eigenvalue weighted by molar-refractivity contribution is 5.71. The molecule has 0 bridgehead atoms. The molecule has 0 radical (unpaired) electrons. The summed E-state index contributed by atoms with van der Waals surface area (Å²) in [5.74, 6) is -0.515. The Bertz CT molecular complexity index is 390. The second-order valence-electron chi connectivity index (χ2n) is 4.90. The van der Waals surface area contributed by atoms with Crippen LogP contribution in [-0.2, 0) is 16.1 Å². The van der Waals surface area contributed by atoms with E-state index in [9.17, 15) is 9.18 Å².